The molecule has 1 atom stereocenters. The lowest BCUT2D eigenvalue weighted by molar-refractivity contribution is -0.131. The Bertz CT molecular complexity index is 235. The second-order valence-corrected chi connectivity index (χ2v) is 5.61. The minimum Gasteiger partial charge on any atom is -0.356 e. The van der Waals surface area contributed by atoms with Crippen LogP contribution in [0, 0.1) is 5.41 Å². The molecule has 4 heteroatoms. The van der Waals surface area contributed by atoms with Crippen LogP contribution < -0.4 is 10.6 Å². The van der Waals surface area contributed by atoms with Crippen LogP contribution in [0.3, 0.4) is 0 Å². The van der Waals surface area contributed by atoms with E-state index < -0.39 is 0 Å². The Morgan fingerprint density at radius 1 is 1.41 bits per heavy atom. The molecular formula is C13H27N3O. The van der Waals surface area contributed by atoms with E-state index in [0.29, 0.717) is 0 Å². The number of carbonyl (C=O) groups is 1. The molecule has 0 spiro atoms. The zero-order valence-electron chi connectivity index (χ0n) is 11.5. The summed E-state index contributed by atoms with van der Waals surface area (Å²) in [6.07, 6.45) is 4.31. The van der Waals surface area contributed by atoms with Gasteiger partial charge >= 0.3 is 0 Å². The molecule has 1 fully saturated rings. The first-order chi connectivity index (χ1) is 8.04. The maximum absolute atomic E-state index is 12.1. The predicted octanol–water partition coefficient (Wildman–Crippen LogP) is 0.834. The number of rotatable bonds is 6. The Morgan fingerprint density at radius 2 is 2.18 bits per heavy atom. The van der Waals surface area contributed by atoms with E-state index in [1.165, 1.54) is 0 Å². The highest BCUT2D eigenvalue weighted by Gasteiger charge is 2.34. The Balaban J connectivity index is 2.15. The summed E-state index contributed by atoms with van der Waals surface area (Å²) in [7, 11) is 4.15. The molecule has 0 bridgehead atoms. The first-order valence-electron chi connectivity index (χ1n) is 6.68. The Labute approximate surface area is 105 Å². The van der Waals surface area contributed by atoms with Crippen LogP contribution in [-0.2, 0) is 4.79 Å². The van der Waals surface area contributed by atoms with Crippen LogP contribution in [-0.4, -0.2) is 51.1 Å². The van der Waals surface area contributed by atoms with Crippen molar-refractivity contribution in [1.29, 1.82) is 0 Å². The molecule has 0 aliphatic carbocycles. The van der Waals surface area contributed by atoms with E-state index in [9.17, 15) is 4.79 Å². The molecule has 1 saturated heterocycles. The first kappa shape index (κ1) is 14.5. The molecule has 0 saturated carbocycles. The average Bonchev–Trinajstić information content (AvgIpc) is 2.29. The summed E-state index contributed by atoms with van der Waals surface area (Å²) in [5.74, 6) is 0.217. The SMILES string of the molecule is CN(C)CCCCNC(=O)C1(C)CCCNC1. The highest BCUT2D eigenvalue weighted by molar-refractivity contribution is 5.82. The summed E-state index contributed by atoms with van der Waals surface area (Å²) in [5.41, 5.74) is -0.195. The predicted molar refractivity (Wildman–Crippen MR) is 71.0 cm³/mol. The van der Waals surface area contributed by atoms with Crippen molar-refractivity contribution in [2.45, 2.75) is 32.6 Å². The number of nitrogens with zero attached hydrogens (tertiary/aromatic N) is 1. The number of unbranched alkanes of at least 4 members (excludes halogenated alkanes) is 1. The molecule has 1 amide bonds. The van der Waals surface area contributed by atoms with Gasteiger partial charge in [0.05, 0.1) is 5.41 Å². The third-order valence-electron chi connectivity index (χ3n) is 3.46. The average molecular weight is 241 g/mol. The van der Waals surface area contributed by atoms with Gasteiger partial charge in [-0.05, 0) is 59.8 Å². The topological polar surface area (TPSA) is 44.4 Å². The van der Waals surface area contributed by atoms with E-state index in [2.05, 4.69) is 36.6 Å². The molecule has 4 nitrogen and oxygen atoms in total. The van der Waals surface area contributed by atoms with Crippen LogP contribution in [0.2, 0.25) is 0 Å². The lowest BCUT2D eigenvalue weighted by Crippen LogP contribution is -2.48. The van der Waals surface area contributed by atoms with Gasteiger partial charge in [-0.25, -0.2) is 0 Å². The highest BCUT2D eigenvalue weighted by Crippen LogP contribution is 2.25. The molecule has 1 heterocycles. The van der Waals surface area contributed by atoms with Crippen molar-refractivity contribution in [3.05, 3.63) is 0 Å². The molecule has 0 aromatic heterocycles. The molecule has 100 valence electrons. The minimum absolute atomic E-state index is 0.195. The lowest BCUT2D eigenvalue weighted by atomic mass is 9.82. The molecule has 1 unspecified atom stereocenters. The van der Waals surface area contributed by atoms with Gasteiger partial charge in [-0.3, -0.25) is 4.79 Å². The van der Waals surface area contributed by atoms with Crippen molar-refractivity contribution in [2.75, 3.05) is 40.3 Å². The van der Waals surface area contributed by atoms with Crippen LogP contribution in [0.15, 0.2) is 0 Å². The van der Waals surface area contributed by atoms with Crippen molar-refractivity contribution in [3.8, 4) is 0 Å². The summed E-state index contributed by atoms with van der Waals surface area (Å²) < 4.78 is 0. The van der Waals surface area contributed by atoms with Crippen molar-refractivity contribution in [1.82, 2.24) is 15.5 Å². The number of hydrogen-bond acceptors (Lipinski definition) is 3. The maximum atomic E-state index is 12.1. The van der Waals surface area contributed by atoms with Gasteiger partial charge in [0.25, 0.3) is 0 Å². The fourth-order valence-corrected chi connectivity index (χ4v) is 2.22. The zero-order chi connectivity index (χ0) is 12.7. The van der Waals surface area contributed by atoms with Crippen molar-refractivity contribution >= 4 is 5.91 Å². The molecule has 1 aliphatic heterocycles. The van der Waals surface area contributed by atoms with Crippen LogP contribution in [0.1, 0.15) is 32.6 Å². The monoisotopic (exact) mass is 241 g/mol. The summed E-state index contributed by atoms with van der Waals surface area (Å²) >= 11 is 0. The number of piperidine rings is 1. The van der Waals surface area contributed by atoms with Gasteiger partial charge in [0.2, 0.25) is 5.91 Å². The number of amides is 1. The van der Waals surface area contributed by atoms with Crippen molar-refractivity contribution in [2.24, 2.45) is 5.41 Å². The van der Waals surface area contributed by atoms with E-state index >= 15 is 0 Å². The quantitative estimate of drug-likeness (QED) is 0.677. The van der Waals surface area contributed by atoms with Gasteiger partial charge in [-0.2, -0.15) is 0 Å². The van der Waals surface area contributed by atoms with Gasteiger partial charge in [-0.15, -0.1) is 0 Å². The van der Waals surface area contributed by atoms with Crippen LogP contribution >= 0.6 is 0 Å². The molecule has 0 aromatic carbocycles. The highest BCUT2D eigenvalue weighted by atomic mass is 16.2. The van der Waals surface area contributed by atoms with Crippen LogP contribution in [0.25, 0.3) is 0 Å². The van der Waals surface area contributed by atoms with Gasteiger partial charge in [0.1, 0.15) is 0 Å². The molecule has 0 aromatic rings. The second-order valence-electron chi connectivity index (χ2n) is 5.61. The van der Waals surface area contributed by atoms with Crippen LogP contribution in [0.4, 0.5) is 0 Å². The van der Waals surface area contributed by atoms with E-state index in [-0.39, 0.29) is 11.3 Å². The van der Waals surface area contributed by atoms with E-state index in [1.807, 2.05) is 0 Å². The smallest absolute Gasteiger partial charge is 0.227 e. The molecule has 0 radical (unpaired) electrons. The van der Waals surface area contributed by atoms with E-state index in [4.69, 9.17) is 0 Å². The van der Waals surface area contributed by atoms with Gasteiger partial charge in [-0.1, -0.05) is 0 Å². The first-order valence-corrected chi connectivity index (χ1v) is 6.68. The molecule has 17 heavy (non-hydrogen) atoms. The number of hydrogen-bond donors (Lipinski definition) is 2. The van der Waals surface area contributed by atoms with Gasteiger partial charge < -0.3 is 15.5 Å². The maximum Gasteiger partial charge on any atom is 0.227 e. The summed E-state index contributed by atoms with van der Waals surface area (Å²) in [5, 5.41) is 6.37. The second kappa shape index (κ2) is 6.97. The Hall–Kier alpha value is -0.610. The summed E-state index contributed by atoms with van der Waals surface area (Å²) in [4.78, 5) is 14.2. The zero-order valence-corrected chi connectivity index (χ0v) is 11.5. The molecule has 1 rings (SSSR count). The third kappa shape index (κ3) is 5.04. The normalized spacial score (nSPS) is 24.9. The van der Waals surface area contributed by atoms with Crippen molar-refractivity contribution < 1.29 is 4.79 Å². The molecule has 1 aliphatic rings. The number of nitrogens with one attached hydrogen (secondary N) is 2. The van der Waals surface area contributed by atoms with Gasteiger partial charge in [0.15, 0.2) is 0 Å². The van der Waals surface area contributed by atoms with E-state index in [0.717, 1.165) is 51.9 Å². The largest absolute Gasteiger partial charge is 0.356 e. The van der Waals surface area contributed by atoms with Crippen LogP contribution in [0.5, 0.6) is 0 Å². The lowest BCUT2D eigenvalue weighted by Gasteiger charge is -2.32. The van der Waals surface area contributed by atoms with E-state index in [1.54, 1.807) is 0 Å². The molecule has 2 N–H and O–H groups in total. The van der Waals surface area contributed by atoms with Gasteiger partial charge in [0, 0.05) is 13.1 Å². The summed E-state index contributed by atoms with van der Waals surface area (Å²) in [6.45, 7) is 5.83. The number of carbonyl (C=O) groups excluding carboxylic acids is 1. The Morgan fingerprint density at radius 3 is 2.76 bits per heavy atom. The Kier molecular flexibility index (Phi) is 5.92. The van der Waals surface area contributed by atoms with Crippen molar-refractivity contribution in [3.63, 3.8) is 0 Å². The summed E-state index contributed by atoms with van der Waals surface area (Å²) in [6, 6.07) is 0. The fourth-order valence-electron chi connectivity index (χ4n) is 2.22. The molecular weight excluding hydrogens is 214 g/mol. The fraction of sp³-hybridized carbons (Fsp3) is 0.923. The third-order valence-corrected chi connectivity index (χ3v) is 3.46. The standard InChI is InChI=1S/C13H27N3O/c1-13(7-6-8-14-11-13)12(17)15-9-4-5-10-16(2)3/h14H,4-11H2,1-3H3,(H,15,17). The minimum atomic E-state index is -0.195.